The Kier molecular flexibility index (Phi) is 8.09. The first-order valence-corrected chi connectivity index (χ1v) is 12.5. The van der Waals surface area contributed by atoms with E-state index in [1.807, 2.05) is 18.2 Å². The molecule has 0 radical (unpaired) electrons. The molecule has 0 aromatic heterocycles. The van der Waals surface area contributed by atoms with Crippen molar-refractivity contribution in [2.75, 3.05) is 12.0 Å². The highest BCUT2D eigenvalue weighted by molar-refractivity contribution is 14.1. The van der Waals surface area contributed by atoms with Gasteiger partial charge in [0.2, 0.25) is 0 Å². The molecule has 1 aliphatic rings. The zero-order valence-corrected chi connectivity index (χ0v) is 22.9. The van der Waals surface area contributed by atoms with Gasteiger partial charge in [0.1, 0.15) is 12.2 Å². The third kappa shape index (κ3) is 5.46. The number of anilines is 1. The number of carbonyl (C=O) groups is 3. The van der Waals surface area contributed by atoms with E-state index in [2.05, 4.69) is 27.9 Å². The van der Waals surface area contributed by atoms with Crippen molar-refractivity contribution < 1.29 is 23.9 Å². The normalized spacial score (nSPS) is 14.8. The fraction of sp³-hybridized carbons (Fsp3) is 0.0800. The van der Waals surface area contributed by atoms with Crippen LogP contribution in [0.2, 0.25) is 15.1 Å². The van der Waals surface area contributed by atoms with Gasteiger partial charge < -0.3 is 9.47 Å². The van der Waals surface area contributed by atoms with Gasteiger partial charge in [-0.3, -0.25) is 14.9 Å². The van der Waals surface area contributed by atoms with E-state index in [4.69, 9.17) is 44.3 Å². The molecule has 3 aromatic carbocycles. The van der Waals surface area contributed by atoms with Gasteiger partial charge in [-0.05, 0) is 70.6 Å². The van der Waals surface area contributed by atoms with Crippen molar-refractivity contribution in [2.45, 2.75) is 6.61 Å². The zero-order valence-electron chi connectivity index (χ0n) is 18.5. The fourth-order valence-electron chi connectivity index (χ4n) is 3.41. The number of urea groups is 1. The maximum absolute atomic E-state index is 13.2. The minimum absolute atomic E-state index is 0.156. The highest BCUT2D eigenvalue weighted by Gasteiger charge is 2.37. The topological polar surface area (TPSA) is 84.9 Å². The van der Waals surface area contributed by atoms with Gasteiger partial charge in [-0.15, -0.1) is 0 Å². The van der Waals surface area contributed by atoms with Crippen LogP contribution in [0.1, 0.15) is 11.1 Å². The highest BCUT2D eigenvalue weighted by Crippen LogP contribution is 2.36. The third-order valence-corrected chi connectivity index (χ3v) is 7.06. The number of benzene rings is 3. The number of methoxy groups -OCH3 is 1. The number of barbiturate groups is 1. The Hall–Kier alpha value is -2.79. The van der Waals surface area contributed by atoms with E-state index < -0.39 is 17.8 Å². The molecule has 0 spiro atoms. The molecule has 4 amide bonds. The molecule has 0 atom stereocenters. The zero-order chi connectivity index (χ0) is 26.0. The van der Waals surface area contributed by atoms with Gasteiger partial charge in [0, 0.05) is 10.6 Å². The number of nitrogens with one attached hydrogen (secondary N) is 1. The Morgan fingerprint density at radius 3 is 2.42 bits per heavy atom. The molecule has 1 N–H and O–H groups in total. The van der Waals surface area contributed by atoms with Crippen molar-refractivity contribution >= 4 is 87.0 Å². The Bertz CT molecular complexity index is 1430. The first kappa shape index (κ1) is 26.3. The van der Waals surface area contributed by atoms with Crippen molar-refractivity contribution in [3.05, 3.63) is 89.9 Å². The van der Waals surface area contributed by atoms with Gasteiger partial charge in [-0.25, -0.2) is 9.69 Å². The summed E-state index contributed by atoms with van der Waals surface area (Å²) in [6.07, 6.45) is 1.37. The lowest BCUT2D eigenvalue weighted by Gasteiger charge is -2.26. The van der Waals surface area contributed by atoms with Crippen LogP contribution in [-0.4, -0.2) is 25.0 Å². The van der Waals surface area contributed by atoms with E-state index in [1.165, 1.54) is 31.4 Å². The number of ether oxygens (including phenoxy) is 2. The largest absolute Gasteiger partial charge is 0.493 e. The molecule has 0 bridgehead atoms. The molecule has 3 aromatic rings. The van der Waals surface area contributed by atoms with Crippen molar-refractivity contribution in [3.63, 3.8) is 0 Å². The number of rotatable bonds is 6. The van der Waals surface area contributed by atoms with Crippen LogP contribution in [0, 0.1) is 3.57 Å². The molecule has 36 heavy (non-hydrogen) atoms. The van der Waals surface area contributed by atoms with E-state index in [0.717, 1.165) is 10.5 Å². The Morgan fingerprint density at radius 1 is 0.972 bits per heavy atom. The van der Waals surface area contributed by atoms with Crippen molar-refractivity contribution in [1.82, 2.24) is 5.32 Å². The predicted octanol–water partition coefficient (Wildman–Crippen LogP) is 6.51. The van der Waals surface area contributed by atoms with Crippen molar-refractivity contribution in [3.8, 4) is 11.5 Å². The second-order valence-corrected chi connectivity index (χ2v) is 9.85. The van der Waals surface area contributed by atoms with Crippen LogP contribution in [-0.2, 0) is 16.2 Å². The lowest BCUT2D eigenvalue weighted by molar-refractivity contribution is -0.122. The summed E-state index contributed by atoms with van der Waals surface area (Å²) < 4.78 is 12.1. The summed E-state index contributed by atoms with van der Waals surface area (Å²) in [6.45, 7) is 0.216. The Morgan fingerprint density at radius 2 is 1.72 bits per heavy atom. The summed E-state index contributed by atoms with van der Waals surface area (Å²) in [5, 5.41) is 3.17. The minimum atomic E-state index is -0.893. The van der Waals surface area contributed by atoms with E-state index in [9.17, 15) is 14.4 Å². The van der Waals surface area contributed by atoms with Gasteiger partial charge in [0.25, 0.3) is 11.8 Å². The molecule has 4 rings (SSSR count). The van der Waals surface area contributed by atoms with Crippen LogP contribution >= 0.6 is 57.4 Å². The Balaban J connectivity index is 1.66. The van der Waals surface area contributed by atoms with Crippen LogP contribution in [0.3, 0.4) is 0 Å². The molecule has 184 valence electrons. The first-order valence-electron chi connectivity index (χ1n) is 10.3. The molecule has 1 fully saturated rings. The molecule has 11 heteroatoms. The monoisotopic (exact) mass is 656 g/mol. The van der Waals surface area contributed by atoms with Crippen LogP contribution in [0.25, 0.3) is 6.08 Å². The third-order valence-electron chi connectivity index (χ3n) is 5.16. The average molecular weight is 658 g/mol. The number of halogens is 4. The van der Waals surface area contributed by atoms with Gasteiger partial charge >= 0.3 is 6.03 Å². The van der Waals surface area contributed by atoms with Crippen LogP contribution in [0.4, 0.5) is 10.5 Å². The molecule has 1 aliphatic heterocycles. The van der Waals surface area contributed by atoms with Gasteiger partial charge in [0.05, 0.1) is 26.4 Å². The van der Waals surface area contributed by atoms with E-state index in [1.54, 1.807) is 18.2 Å². The first-order chi connectivity index (χ1) is 17.2. The second kappa shape index (κ2) is 11.1. The summed E-state index contributed by atoms with van der Waals surface area (Å²) in [4.78, 5) is 39.0. The Labute approximate surface area is 235 Å². The van der Waals surface area contributed by atoms with Gasteiger partial charge in [-0.2, -0.15) is 0 Å². The lowest BCUT2D eigenvalue weighted by Crippen LogP contribution is -2.54. The number of nitrogens with zero attached hydrogens (tertiary/aromatic N) is 1. The van der Waals surface area contributed by atoms with Crippen LogP contribution < -0.4 is 19.7 Å². The lowest BCUT2D eigenvalue weighted by atomic mass is 10.1. The summed E-state index contributed by atoms with van der Waals surface area (Å²) in [6, 6.07) is 14.0. The summed E-state index contributed by atoms with van der Waals surface area (Å²) >= 11 is 20.3. The molecule has 0 aliphatic carbocycles. The molecule has 0 saturated carbocycles. The summed E-state index contributed by atoms with van der Waals surface area (Å²) in [5.41, 5.74) is 1.21. The minimum Gasteiger partial charge on any atom is -0.493 e. The number of hydrogen-bond acceptors (Lipinski definition) is 5. The standard InChI is InChI=1S/C25H16Cl3IN2O5/c1-35-21-10-13(9-20(29)22(21)36-12-14-4-2-3-5-17(14)26)8-16-23(32)30-25(34)31(24(16)33)15-6-7-18(27)19(28)11-15/h2-11H,12H2,1H3,(H,30,32,34)/b16-8+. The maximum Gasteiger partial charge on any atom is 0.335 e. The molecule has 1 heterocycles. The predicted molar refractivity (Wildman–Crippen MR) is 147 cm³/mol. The maximum atomic E-state index is 13.2. The number of amides is 4. The van der Waals surface area contributed by atoms with E-state index in [-0.39, 0.29) is 27.9 Å². The average Bonchev–Trinajstić information content (AvgIpc) is 2.83. The van der Waals surface area contributed by atoms with E-state index in [0.29, 0.717) is 25.7 Å². The number of hydrogen-bond donors (Lipinski definition) is 1. The molecule has 1 saturated heterocycles. The number of carbonyl (C=O) groups excluding carboxylic acids is 3. The van der Waals surface area contributed by atoms with Gasteiger partial charge in [-0.1, -0.05) is 53.0 Å². The molecular weight excluding hydrogens is 642 g/mol. The molecular formula is C25H16Cl3IN2O5. The fourth-order valence-corrected chi connectivity index (χ4v) is 4.68. The second-order valence-electron chi connectivity index (χ2n) is 7.47. The molecule has 0 unspecified atom stereocenters. The van der Waals surface area contributed by atoms with Gasteiger partial charge in [0.15, 0.2) is 11.5 Å². The van der Waals surface area contributed by atoms with Crippen molar-refractivity contribution in [2.24, 2.45) is 0 Å². The molecule has 7 nitrogen and oxygen atoms in total. The smallest absolute Gasteiger partial charge is 0.335 e. The van der Waals surface area contributed by atoms with E-state index >= 15 is 0 Å². The summed E-state index contributed by atoms with van der Waals surface area (Å²) in [5.74, 6) is -0.765. The SMILES string of the molecule is COc1cc(/C=C2\C(=O)NC(=O)N(c3ccc(Cl)c(Cl)c3)C2=O)cc(I)c1OCc1ccccc1Cl. The highest BCUT2D eigenvalue weighted by atomic mass is 127. The van der Waals surface area contributed by atoms with Crippen LogP contribution in [0.15, 0.2) is 60.2 Å². The summed E-state index contributed by atoms with van der Waals surface area (Å²) in [7, 11) is 1.48. The quantitative estimate of drug-likeness (QED) is 0.186. The number of imide groups is 2. The van der Waals surface area contributed by atoms with Crippen LogP contribution in [0.5, 0.6) is 11.5 Å². The van der Waals surface area contributed by atoms with Crippen molar-refractivity contribution in [1.29, 1.82) is 0 Å².